The Morgan fingerprint density at radius 1 is 0.840 bits per heavy atom. The van der Waals surface area contributed by atoms with Crippen molar-refractivity contribution in [1.82, 2.24) is 9.55 Å². The van der Waals surface area contributed by atoms with Gasteiger partial charge in [-0.05, 0) is 25.7 Å². The van der Waals surface area contributed by atoms with Gasteiger partial charge in [-0.1, -0.05) is 97.8 Å². The molecule has 0 saturated carbocycles. The first-order chi connectivity index (χ1) is 12.1. The molecule has 0 spiro atoms. The van der Waals surface area contributed by atoms with Gasteiger partial charge in [0, 0.05) is 17.9 Å². The molecule has 0 radical (unpaired) electrons. The molecule has 25 heavy (non-hydrogen) atoms. The van der Waals surface area contributed by atoms with Gasteiger partial charge in [-0.15, -0.1) is 0 Å². The SMILES string of the molecule is CCCCCCCCCCCCCCC(C)C(C)(CC)n1ccnc1. The molecule has 0 saturated heterocycles. The number of hydrogen-bond acceptors (Lipinski definition) is 1. The molecule has 1 aromatic heterocycles. The van der Waals surface area contributed by atoms with Crippen LogP contribution in [0.4, 0.5) is 0 Å². The molecule has 2 atom stereocenters. The summed E-state index contributed by atoms with van der Waals surface area (Å²) < 4.78 is 2.32. The number of nitrogens with zero attached hydrogens (tertiary/aromatic N) is 2. The quantitative estimate of drug-likeness (QED) is 0.279. The highest BCUT2D eigenvalue weighted by Crippen LogP contribution is 2.33. The number of hydrogen-bond donors (Lipinski definition) is 0. The van der Waals surface area contributed by atoms with Gasteiger partial charge >= 0.3 is 0 Å². The summed E-state index contributed by atoms with van der Waals surface area (Å²) >= 11 is 0. The molecule has 0 aromatic carbocycles. The van der Waals surface area contributed by atoms with Crippen LogP contribution in [0.15, 0.2) is 18.7 Å². The Labute approximate surface area is 157 Å². The van der Waals surface area contributed by atoms with Crippen molar-refractivity contribution < 1.29 is 0 Å². The lowest BCUT2D eigenvalue weighted by Crippen LogP contribution is -2.35. The van der Waals surface area contributed by atoms with E-state index in [1.165, 1.54) is 89.9 Å². The maximum absolute atomic E-state index is 4.25. The molecule has 146 valence electrons. The third kappa shape index (κ3) is 8.42. The molecule has 0 aliphatic carbocycles. The molecular formula is C23H44N2. The van der Waals surface area contributed by atoms with Crippen molar-refractivity contribution in [3.05, 3.63) is 18.7 Å². The van der Waals surface area contributed by atoms with Crippen LogP contribution in [0.1, 0.15) is 118 Å². The lowest BCUT2D eigenvalue weighted by Gasteiger charge is -2.36. The zero-order valence-electron chi connectivity index (χ0n) is 17.6. The van der Waals surface area contributed by atoms with E-state index in [0.29, 0.717) is 5.92 Å². The smallest absolute Gasteiger partial charge is 0.0951 e. The van der Waals surface area contributed by atoms with Crippen LogP contribution >= 0.6 is 0 Å². The van der Waals surface area contributed by atoms with Gasteiger partial charge in [-0.2, -0.15) is 0 Å². The molecule has 0 bridgehead atoms. The van der Waals surface area contributed by atoms with Gasteiger partial charge in [-0.3, -0.25) is 0 Å². The Kier molecular flexibility index (Phi) is 11.9. The van der Waals surface area contributed by atoms with E-state index in [2.05, 4.69) is 43.4 Å². The molecule has 0 aliphatic heterocycles. The topological polar surface area (TPSA) is 17.8 Å². The van der Waals surface area contributed by atoms with E-state index in [1.54, 1.807) is 0 Å². The minimum atomic E-state index is 0.217. The van der Waals surface area contributed by atoms with Gasteiger partial charge in [-0.25, -0.2) is 4.98 Å². The molecule has 0 fully saturated rings. The summed E-state index contributed by atoms with van der Waals surface area (Å²) in [5.41, 5.74) is 0.217. The average Bonchev–Trinajstić information content (AvgIpc) is 3.17. The zero-order chi connectivity index (χ0) is 18.4. The molecule has 0 N–H and O–H groups in total. The van der Waals surface area contributed by atoms with E-state index in [-0.39, 0.29) is 5.54 Å². The van der Waals surface area contributed by atoms with Crippen LogP contribution in [-0.4, -0.2) is 9.55 Å². The van der Waals surface area contributed by atoms with Gasteiger partial charge in [0.05, 0.1) is 6.33 Å². The second kappa shape index (κ2) is 13.4. The van der Waals surface area contributed by atoms with Gasteiger partial charge in [0.15, 0.2) is 0 Å². The molecule has 2 unspecified atom stereocenters. The number of imidazole rings is 1. The first-order valence-corrected chi connectivity index (χ1v) is 11.1. The summed E-state index contributed by atoms with van der Waals surface area (Å²) in [7, 11) is 0. The fourth-order valence-electron chi connectivity index (χ4n) is 3.95. The lowest BCUT2D eigenvalue weighted by atomic mass is 9.81. The largest absolute Gasteiger partial charge is 0.331 e. The number of aromatic nitrogens is 2. The second-order valence-electron chi connectivity index (χ2n) is 8.26. The van der Waals surface area contributed by atoms with E-state index < -0.39 is 0 Å². The first-order valence-electron chi connectivity index (χ1n) is 11.1. The zero-order valence-corrected chi connectivity index (χ0v) is 17.6. The van der Waals surface area contributed by atoms with E-state index in [0.717, 1.165) is 0 Å². The Hall–Kier alpha value is -0.790. The predicted molar refractivity (Wildman–Crippen MR) is 111 cm³/mol. The van der Waals surface area contributed by atoms with Gasteiger partial charge in [0.2, 0.25) is 0 Å². The van der Waals surface area contributed by atoms with E-state index >= 15 is 0 Å². The van der Waals surface area contributed by atoms with Gasteiger partial charge < -0.3 is 4.57 Å². The van der Waals surface area contributed by atoms with Crippen molar-refractivity contribution >= 4 is 0 Å². The van der Waals surface area contributed by atoms with Crippen LogP contribution in [0.25, 0.3) is 0 Å². The summed E-state index contributed by atoms with van der Waals surface area (Å²) in [6.07, 6.45) is 25.7. The molecule has 0 amide bonds. The lowest BCUT2D eigenvalue weighted by molar-refractivity contribution is 0.182. The Balaban J connectivity index is 2.02. The minimum Gasteiger partial charge on any atom is -0.331 e. The fraction of sp³-hybridized carbons (Fsp3) is 0.870. The Bertz CT molecular complexity index is 398. The molecule has 1 heterocycles. The monoisotopic (exact) mass is 348 g/mol. The van der Waals surface area contributed by atoms with Crippen LogP contribution in [0, 0.1) is 5.92 Å². The van der Waals surface area contributed by atoms with E-state index in [1.807, 2.05) is 12.5 Å². The van der Waals surface area contributed by atoms with Crippen LogP contribution in [-0.2, 0) is 5.54 Å². The fourth-order valence-corrected chi connectivity index (χ4v) is 3.95. The summed E-state index contributed by atoms with van der Waals surface area (Å²) in [4.78, 5) is 4.25. The first kappa shape index (κ1) is 22.3. The summed E-state index contributed by atoms with van der Waals surface area (Å²) in [5, 5.41) is 0. The van der Waals surface area contributed by atoms with Crippen LogP contribution < -0.4 is 0 Å². The number of rotatable bonds is 16. The molecule has 1 aromatic rings. The number of unbranched alkanes of at least 4 members (excludes halogenated alkanes) is 11. The van der Waals surface area contributed by atoms with Crippen molar-refractivity contribution in [3.63, 3.8) is 0 Å². The Morgan fingerprint density at radius 3 is 1.80 bits per heavy atom. The van der Waals surface area contributed by atoms with E-state index in [4.69, 9.17) is 0 Å². The summed E-state index contributed by atoms with van der Waals surface area (Å²) in [5.74, 6) is 0.704. The molecule has 0 aliphatic rings. The Morgan fingerprint density at radius 2 is 1.36 bits per heavy atom. The highest BCUT2D eigenvalue weighted by atomic mass is 15.1. The van der Waals surface area contributed by atoms with Crippen molar-refractivity contribution in [2.45, 2.75) is 123 Å². The third-order valence-corrected chi connectivity index (χ3v) is 6.36. The normalized spacial score (nSPS) is 15.2. The molecular weight excluding hydrogens is 304 g/mol. The highest BCUT2D eigenvalue weighted by Gasteiger charge is 2.30. The van der Waals surface area contributed by atoms with Gasteiger partial charge in [0.25, 0.3) is 0 Å². The molecule has 1 rings (SSSR count). The standard InChI is InChI=1S/C23H44N2/c1-5-7-8-9-10-11-12-13-14-15-16-17-18-22(3)23(4,6-2)25-20-19-24-21-25/h19-22H,5-18H2,1-4H3. The molecule has 2 nitrogen and oxygen atoms in total. The third-order valence-electron chi connectivity index (χ3n) is 6.36. The van der Waals surface area contributed by atoms with Crippen molar-refractivity contribution in [2.24, 2.45) is 5.92 Å². The maximum atomic E-state index is 4.25. The van der Waals surface area contributed by atoms with Crippen molar-refractivity contribution in [3.8, 4) is 0 Å². The van der Waals surface area contributed by atoms with Crippen molar-refractivity contribution in [2.75, 3.05) is 0 Å². The predicted octanol–water partition coefficient (Wildman–Crippen LogP) is 7.74. The second-order valence-corrected chi connectivity index (χ2v) is 8.26. The minimum absolute atomic E-state index is 0.217. The van der Waals surface area contributed by atoms with Crippen LogP contribution in [0.2, 0.25) is 0 Å². The van der Waals surface area contributed by atoms with Gasteiger partial charge in [0.1, 0.15) is 0 Å². The van der Waals surface area contributed by atoms with Crippen LogP contribution in [0.5, 0.6) is 0 Å². The average molecular weight is 349 g/mol. The summed E-state index contributed by atoms with van der Waals surface area (Å²) in [6.45, 7) is 9.40. The molecule has 2 heteroatoms. The van der Waals surface area contributed by atoms with Crippen molar-refractivity contribution in [1.29, 1.82) is 0 Å². The summed E-state index contributed by atoms with van der Waals surface area (Å²) in [6, 6.07) is 0. The highest BCUT2D eigenvalue weighted by molar-refractivity contribution is 4.91. The van der Waals surface area contributed by atoms with Crippen LogP contribution in [0.3, 0.4) is 0 Å². The maximum Gasteiger partial charge on any atom is 0.0951 e. The van der Waals surface area contributed by atoms with E-state index in [9.17, 15) is 0 Å².